The average Bonchev–Trinajstić information content (AvgIpc) is 1.65. The molecule has 0 spiro atoms. The van der Waals surface area contributed by atoms with Gasteiger partial charge >= 0.3 is 0 Å². The van der Waals surface area contributed by atoms with Crippen LogP contribution in [-0.2, 0) is 4.79 Å². The number of nitrogens with two attached hydrogens (primary N) is 1. The van der Waals surface area contributed by atoms with Crippen molar-refractivity contribution in [1.29, 1.82) is 0 Å². The van der Waals surface area contributed by atoms with Crippen LogP contribution in [0, 0.1) is 0 Å². The zero-order chi connectivity index (χ0) is 5.86. The Labute approximate surface area is 67.7 Å². The summed E-state index contributed by atoms with van der Waals surface area (Å²) >= 11 is 2.99. The van der Waals surface area contributed by atoms with Crippen LogP contribution >= 0.6 is 32.9 Å². The third kappa shape index (κ3) is 4.74. The van der Waals surface area contributed by atoms with Gasteiger partial charge in [0, 0.05) is 0 Å². The van der Waals surface area contributed by atoms with E-state index < -0.39 is 0 Å². The highest BCUT2D eigenvalue weighted by atomic mass is 79.9. The number of hydrogen-bond donors (Lipinski definition) is 1. The number of carbonyl (C=O) groups is 1. The molecule has 0 bridgehead atoms. The summed E-state index contributed by atoms with van der Waals surface area (Å²) in [7, 11) is 0. The van der Waals surface area contributed by atoms with E-state index in [1.807, 2.05) is 0 Å². The fraction of sp³-hybridized carbons (Fsp3) is 0.750. The molecule has 0 aliphatic rings. The van der Waals surface area contributed by atoms with Crippen LogP contribution in [0.3, 0.4) is 0 Å². The first-order chi connectivity index (χ1) is 3.18. The van der Waals surface area contributed by atoms with Crippen LogP contribution in [0.15, 0.2) is 0 Å². The van der Waals surface area contributed by atoms with Gasteiger partial charge in [-0.2, -0.15) is 0 Å². The number of hydrogen-bond acceptors (Lipinski definition) is 2. The minimum absolute atomic E-state index is 0. The van der Waals surface area contributed by atoms with Crippen LogP contribution in [0.2, 0.25) is 0 Å². The van der Waals surface area contributed by atoms with Gasteiger partial charge < -0.3 is 5.73 Å². The Kier molecular flexibility index (Phi) is 8.15. The first-order valence-electron chi connectivity index (χ1n) is 2.02. The van der Waals surface area contributed by atoms with Gasteiger partial charge in [0.25, 0.3) is 0 Å². The van der Waals surface area contributed by atoms with Crippen molar-refractivity contribution in [3.63, 3.8) is 0 Å². The Morgan fingerprint density at radius 1 is 1.88 bits per heavy atom. The predicted molar refractivity (Wildman–Crippen MR) is 42.8 cm³/mol. The molecule has 0 aromatic heterocycles. The molecule has 0 aromatic carbocycles. The third-order valence-corrected chi connectivity index (χ3v) is 1.19. The lowest BCUT2D eigenvalue weighted by atomic mass is 10.3. The van der Waals surface area contributed by atoms with Crippen molar-refractivity contribution in [3.05, 3.63) is 0 Å². The summed E-state index contributed by atoms with van der Waals surface area (Å²) in [5.74, 6) is 0.0417. The second-order valence-electron chi connectivity index (χ2n) is 1.39. The summed E-state index contributed by atoms with van der Waals surface area (Å²) in [4.78, 5) is 10.3. The first kappa shape index (κ1) is 11.4. The lowest BCUT2D eigenvalue weighted by Gasteiger charge is -1.95. The molecule has 4 heteroatoms. The Morgan fingerprint density at radius 2 is 2.25 bits per heavy atom. The van der Waals surface area contributed by atoms with Crippen LogP contribution in [0.4, 0.5) is 0 Å². The Balaban J connectivity index is 0. The maximum Gasteiger partial charge on any atom is 0.159 e. The molecule has 0 saturated heterocycles. The van der Waals surface area contributed by atoms with Gasteiger partial charge in [-0.15, -0.1) is 17.0 Å². The summed E-state index contributed by atoms with van der Waals surface area (Å²) in [6.45, 7) is 1.67. The van der Waals surface area contributed by atoms with Gasteiger partial charge in [-0.1, -0.05) is 15.9 Å². The summed E-state index contributed by atoms with van der Waals surface area (Å²) in [6.07, 6.45) is 0. The fourth-order valence-electron chi connectivity index (χ4n) is 0.122. The molecule has 2 nitrogen and oxygen atoms in total. The lowest BCUT2D eigenvalue weighted by molar-refractivity contribution is -0.117. The van der Waals surface area contributed by atoms with Crippen molar-refractivity contribution < 1.29 is 4.79 Å². The highest BCUT2D eigenvalue weighted by Gasteiger charge is 2.02. The first-order valence-corrected chi connectivity index (χ1v) is 3.15. The number of carbonyl (C=O) groups excluding carboxylic acids is 1. The van der Waals surface area contributed by atoms with Gasteiger partial charge in [-0.25, -0.2) is 0 Å². The van der Waals surface area contributed by atoms with Crippen LogP contribution < -0.4 is 5.73 Å². The summed E-state index contributed by atoms with van der Waals surface area (Å²) in [6, 6.07) is -0.320. The minimum atomic E-state index is -0.320. The van der Waals surface area contributed by atoms with Crippen LogP contribution in [-0.4, -0.2) is 17.2 Å². The summed E-state index contributed by atoms with van der Waals surface area (Å²) < 4.78 is 0. The van der Waals surface area contributed by atoms with E-state index in [4.69, 9.17) is 5.73 Å². The Morgan fingerprint density at radius 3 is 2.25 bits per heavy atom. The maximum atomic E-state index is 10.3. The molecule has 0 rings (SSSR count). The SMILES string of the molecule is Br.C[C@H](N)C(=O)CBr. The Bertz CT molecular complexity index is 74.4. The molecule has 2 N–H and O–H groups in total. The van der Waals surface area contributed by atoms with Crippen molar-refractivity contribution in [3.8, 4) is 0 Å². The zero-order valence-electron chi connectivity index (χ0n) is 4.56. The van der Waals surface area contributed by atoms with E-state index in [1.54, 1.807) is 6.92 Å². The topological polar surface area (TPSA) is 43.1 Å². The maximum absolute atomic E-state index is 10.3. The second-order valence-corrected chi connectivity index (χ2v) is 1.95. The molecule has 0 unspecified atom stereocenters. The van der Waals surface area contributed by atoms with E-state index in [1.165, 1.54) is 0 Å². The van der Waals surface area contributed by atoms with Crippen molar-refractivity contribution in [2.75, 3.05) is 5.33 Å². The molecule has 50 valence electrons. The predicted octanol–water partition coefficient (Wildman–Crippen LogP) is 0.875. The summed E-state index contributed by atoms with van der Waals surface area (Å²) in [5, 5.41) is 0.366. The molecule has 0 saturated carbocycles. The molecule has 0 aliphatic heterocycles. The third-order valence-electron chi connectivity index (χ3n) is 0.640. The molecule has 8 heavy (non-hydrogen) atoms. The molecular weight excluding hydrogens is 238 g/mol. The molecule has 0 radical (unpaired) electrons. The number of Topliss-reactive ketones (excluding diaryl/α,β-unsaturated/α-hetero) is 1. The monoisotopic (exact) mass is 245 g/mol. The van der Waals surface area contributed by atoms with Gasteiger partial charge in [0.2, 0.25) is 0 Å². The highest BCUT2D eigenvalue weighted by Crippen LogP contribution is 1.84. The Hall–Kier alpha value is 0.590. The fourth-order valence-corrected chi connectivity index (χ4v) is 0.632. The van der Waals surface area contributed by atoms with E-state index >= 15 is 0 Å². The average molecular weight is 247 g/mol. The molecule has 0 aromatic rings. The van der Waals surface area contributed by atoms with Gasteiger partial charge in [0.05, 0.1) is 11.4 Å². The number of rotatable bonds is 2. The molecule has 0 aliphatic carbocycles. The second kappa shape index (κ2) is 5.72. The van der Waals surface area contributed by atoms with Crippen molar-refractivity contribution in [1.82, 2.24) is 0 Å². The van der Waals surface area contributed by atoms with Gasteiger partial charge in [0.15, 0.2) is 5.78 Å². The van der Waals surface area contributed by atoms with Crippen molar-refractivity contribution in [2.24, 2.45) is 5.73 Å². The standard InChI is InChI=1S/C4H8BrNO.BrH/c1-3(6)4(7)2-5;/h3H,2,6H2,1H3;1H/t3-;/m0./s1. The van der Waals surface area contributed by atoms with E-state index in [9.17, 15) is 4.79 Å². The summed E-state index contributed by atoms with van der Waals surface area (Å²) in [5.41, 5.74) is 5.17. The van der Waals surface area contributed by atoms with Gasteiger partial charge in [-0.3, -0.25) is 4.79 Å². The number of ketones is 1. The highest BCUT2D eigenvalue weighted by molar-refractivity contribution is 9.09. The van der Waals surface area contributed by atoms with Gasteiger partial charge in [0.1, 0.15) is 0 Å². The quantitative estimate of drug-likeness (QED) is 0.736. The van der Waals surface area contributed by atoms with Crippen molar-refractivity contribution >= 4 is 38.7 Å². The minimum Gasteiger partial charge on any atom is -0.322 e. The van der Waals surface area contributed by atoms with E-state index in [2.05, 4.69) is 15.9 Å². The van der Waals surface area contributed by atoms with Crippen LogP contribution in [0.25, 0.3) is 0 Å². The molecule has 0 amide bonds. The van der Waals surface area contributed by atoms with E-state index in [0.717, 1.165) is 0 Å². The van der Waals surface area contributed by atoms with Gasteiger partial charge in [-0.05, 0) is 6.92 Å². The molecule has 0 fully saturated rings. The van der Waals surface area contributed by atoms with E-state index in [0.29, 0.717) is 5.33 Å². The molecule has 0 heterocycles. The largest absolute Gasteiger partial charge is 0.322 e. The molecule has 1 atom stereocenters. The number of halogens is 2. The van der Waals surface area contributed by atoms with Crippen LogP contribution in [0.5, 0.6) is 0 Å². The zero-order valence-corrected chi connectivity index (χ0v) is 7.86. The number of alkyl halides is 1. The van der Waals surface area contributed by atoms with Crippen molar-refractivity contribution in [2.45, 2.75) is 13.0 Å². The smallest absolute Gasteiger partial charge is 0.159 e. The van der Waals surface area contributed by atoms with Crippen LogP contribution in [0.1, 0.15) is 6.92 Å². The lowest BCUT2D eigenvalue weighted by Crippen LogP contribution is -2.27. The molecular formula is C4H9Br2NO. The van der Waals surface area contributed by atoms with E-state index in [-0.39, 0.29) is 28.8 Å². The normalized spacial score (nSPS) is 11.9.